The number of likely N-dealkylation sites (N-methyl/N-ethyl adjacent to an activating group) is 7. The van der Waals surface area contributed by atoms with Gasteiger partial charge in [-0.2, -0.15) is 26.3 Å². The average molecular weight is 1490 g/mol. The lowest BCUT2D eigenvalue weighted by Crippen LogP contribution is -2.68. The highest BCUT2D eigenvalue weighted by atomic mass is 19.4. The van der Waals surface area contributed by atoms with Crippen molar-refractivity contribution in [2.75, 3.05) is 89.2 Å². The Morgan fingerprint density at radius 2 is 1.23 bits per heavy atom. The number of amides is 12. The molecule has 3 saturated heterocycles. The van der Waals surface area contributed by atoms with Gasteiger partial charge in [-0.05, 0) is 147 Å². The maximum absolute atomic E-state index is 15.5. The standard InChI is InChI=1S/C71H110F8N12O13/c1-13-40(3)58-66(101)85(8)39-56(94)87(10)50-22-17-18-31-90(65(50)100)53(34-42-23-26-45(27-24-42)70(74,75)76)64(99)84(7)38-54(92)80-49(28-25-43-32-47(72)57(48(73)33-43)71(77,78)79)62(97)91-37-46(104-14-2)35-51(91)61(96)82-69(29-19-30-69)68(103)89(12)59(44-20-15-16-21-44)67(102)88(11)52(63(98)83(5)6)36-55(93)86(9)41(4)60(95)81-58/h40-53,57-59H,13-39H2,1-12H3,(H,80,92)(H,81,95)(H,82,96)/t40-,41-,42?,43?,45?,46+,47?,48?,49-,50-,51-,52-,53-,57?,58-,59-/m0/s1. The van der Waals surface area contributed by atoms with Crippen molar-refractivity contribution in [3.05, 3.63) is 0 Å². The zero-order chi connectivity index (χ0) is 77.4. The molecular weight excluding hydrogens is 1380 g/mol. The Morgan fingerprint density at radius 3 is 1.79 bits per heavy atom. The number of fused-ring (bicyclic) bond motifs is 3. The number of rotatable bonds is 11. The first kappa shape index (κ1) is 84.3. The van der Waals surface area contributed by atoms with E-state index in [2.05, 4.69) is 16.0 Å². The van der Waals surface area contributed by atoms with Gasteiger partial charge in [0, 0.05) is 82.5 Å². The summed E-state index contributed by atoms with van der Waals surface area (Å²) < 4.78 is 121. The zero-order valence-corrected chi connectivity index (χ0v) is 62.3. The number of halogens is 8. The van der Waals surface area contributed by atoms with Crippen LogP contribution in [0.5, 0.6) is 0 Å². The maximum Gasteiger partial charge on any atom is 0.397 e. The number of nitrogens with zero attached hydrogens (tertiary/aromatic N) is 9. The molecule has 0 aromatic carbocycles. The van der Waals surface area contributed by atoms with Crippen molar-refractivity contribution in [2.45, 2.75) is 254 Å². The molecule has 3 heterocycles. The number of carbonyl (C=O) groups is 12. The molecule has 0 aromatic rings. The number of hydrogen-bond acceptors (Lipinski definition) is 13. The molecule has 12 amide bonds. The molecule has 0 radical (unpaired) electrons. The molecule has 0 aromatic heterocycles. The van der Waals surface area contributed by atoms with E-state index in [1.54, 1.807) is 20.8 Å². The van der Waals surface area contributed by atoms with Crippen LogP contribution in [0.2, 0.25) is 0 Å². The van der Waals surface area contributed by atoms with Crippen molar-refractivity contribution in [1.82, 2.24) is 60.0 Å². The largest absolute Gasteiger partial charge is 0.397 e. The van der Waals surface area contributed by atoms with Crippen LogP contribution >= 0.6 is 0 Å². The van der Waals surface area contributed by atoms with Crippen LogP contribution in [0.15, 0.2) is 0 Å². The molecular formula is C71H110F8N12O13. The third-order valence-corrected chi connectivity index (χ3v) is 23.5. The van der Waals surface area contributed by atoms with Gasteiger partial charge < -0.3 is 64.8 Å². The topological polar surface area (TPSA) is 279 Å². The number of hydrogen-bond donors (Lipinski definition) is 3. The Bertz CT molecular complexity index is 3080. The second-order valence-electron chi connectivity index (χ2n) is 30.7. The second-order valence-corrected chi connectivity index (χ2v) is 30.7. The molecule has 3 aliphatic heterocycles. The molecule has 7 rings (SSSR count). The quantitative estimate of drug-likeness (QED) is 0.226. The van der Waals surface area contributed by atoms with Crippen LogP contribution < -0.4 is 16.0 Å². The molecule has 2 bridgehead atoms. The summed E-state index contributed by atoms with van der Waals surface area (Å²) in [5.41, 5.74) is -1.68. The van der Waals surface area contributed by atoms with Crippen molar-refractivity contribution in [2.24, 2.45) is 35.5 Å². The van der Waals surface area contributed by atoms with Crippen molar-refractivity contribution >= 4 is 70.9 Å². The summed E-state index contributed by atoms with van der Waals surface area (Å²) >= 11 is 0. The first-order valence-electron chi connectivity index (χ1n) is 37.0. The molecule has 3 N–H and O–H groups in total. The lowest BCUT2D eigenvalue weighted by atomic mass is 9.74. The molecule has 12 atom stereocenters. The molecule has 588 valence electrons. The van der Waals surface area contributed by atoms with E-state index in [0.29, 0.717) is 44.9 Å². The van der Waals surface area contributed by atoms with Gasteiger partial charge in [0.2, 0.25) is 70.9 Å². The van der Waals surface area contributed by atoms with Gasteiger partial charge in [-0.3, -0.25) is 57.5 Å². The predicted octanol–water partition coefficient (Wildman–Crippen LogP) is 5.16. The van der Waals surface area contributed by atoms with E-state index >= 15 is 37.5 Å². The van der Waals surface area contributed by atoms with Gasteiger partial charge in [0.25, 0.3) is 0 Å². The van der Waals surface area contributed by atoms with Crippen LogP contribution in [0, 0.1) is 35.5 Å². The molecule has 104 heavy (non-hydrogen) atoms. The second kappa shape index (κ2) is 35.6. The van der Waals surface area contributed by atoms with Crippen molar-refractivity contribution in [3.63, 3.8) is 0 Å². The molecule has 33 heteroatoms. The minimum absolute atomic E-state index is 0.00944. The normalized spacial score (nSPS) is 32.4. The van der Waals surface area contributed by atoms with Gasteiger partial charge in [-0.15, -0.1) is 0 Å². The predicted molar refractivity (Wildman–Crippen MR) is 363 cm³/mol. The fourth-order valence-electron chi connectivity index (χ4n) is 16.5. The fourth-order valence-corrected chi connectivity index (χ4v) is 16.5. The molecule has 4 aliphatic carbocycles. The summed E-state index contributed by atoms with van der Waals surface area (Å²) in [7, 11) is 10.8. The summed E-state index contributed by atoms with van der Waals surface area (Å²) in [5.74, 6) is -16.7. The minimum atomic E-state index is -5.21. The van der Waals surface area contributed by atoms with E-state index in [1.807, 2.05) is 0 Å². The van der Waals surface area contributed by atoms with E-state index < -0.39 is 230 Å². The highest BCUT2D eigenvalue weighted by Crippen LogP contribution is 2.46. The lowest BCUT2D eigenvalue weighted by Gasteiger charge is -2.46. The van der Waals surface area contributed by atoms with Gasteiger partial charge in [-0.25, -0.2) is 8.78 Å². The van der Waals surface area contributed by atoms with Crippen molar-refractivity contribution < 1.29 is 97.4 Å². The van der Waals surface area contributed by atoms with Gasteiger partial charge >= 0.3 is 12.4 Å². The minimum Gasteiger partial charge on any atom is -0.377 e. The Kier molecular flexibility index (Phi) is 28.9. The van der Waals surface area contributed by atoms with Crippen LogP contribution in [0.3, 0.4) is 0 Å². The average Bonchev–Trinajstić information content (AvgIpc) is 1.14. The van der Waals surface area contributed by atoms with Gasteiger partial charge in [-0.1, -0.05) is 33.1 Å². The van der Waals surface area contributed by atoms with E-state index in [4.69, 9.17) is 4.74 Å². The van der Waals surface area contributed by atoms with E-state index in [9.17, 15) is 55.1 Å². The van der Waals surface area contributed by atoms with Crippen LogP contribution in [0.4, 0.5) is 35.1 Å². The smallest absolute Gasteiger partial charge is 0.377 e. The summed E-state index contributed by atoms with van der Waals surface area (Å²) in [5, 5.41) is 8.28. The number of alkyl halides is 8. The Balaban J connectivity index is 1.30. The van der Waals surface area contributed by atoms with Crippen LogP contribution in [0.25, 0.3) is 0 Å². The first-order valence-corrected chi connectivity index (χ1v) is 37.0. The Labute approximate surface area is 604 Å². The number of carbonyl (C=O) groups excluding carboxylic acids is 12. The molecule has 1 spiro atoms. The van der Waals surface area contributed by atoms with E-state index in [-0.39, 0.29) is 90.3 Å². The van der Waals surface area contributed by atoms with Crippen LogP contribution in [-0.4, -0.2) is 289 Å². The zero-order valence-electron chi connectivity index (χ0n) is 62.3. The van der Waals surface area contributed by atoms with Gasteiger partial charge in [0.1, 0.15) is 72.1 Å². The SMILES string of the molecule is CCO[C@@H]1C[C@H]2C(=O)NC3(CCC3)C(=O)N(C)[C@@H](C3CCCC3)C(=O)N(C)[C@H](C(=O)N(C)C)CC(=O)N(C)[C@@H](C)C(=O)N[C@@H]([C@@H](C)CC)C(=O)N(C)CC(=O)N(C)[C@H]3CCCCN(C3=O)[C@@H](CC3CCC(C(F)(F)F)CC3)C(=O)N(C)CC(=O)N[C@@H](CCC3CC(F)C(C(F)(F)F)C(F)C3)C(=O)N2C1. The van der Waals surface area contributed by atoms with Crippen molar-refractivity contribution in [3.8, 4) is 0 Å². The van der Waals surface area contributed by atoms with Gasteiger partial charge in [0.15, 0.2) is 0 Å². The van der Waals surface area contributed by atoms with Gasteiger partial charge in [0.05, 0.1) is 31.5 Å². The highest BCUT2D eigenvalue weighted by molar-refractivity contribution is 6.01. The van der Waals surface area contributed by atoms with Crippen LogP contribution in [-0.2, 0) is 62.3 Å². The van der Waals surface area contributed by atoms with Crippen molar-refractivity contribution in [1.29, 1.82) is 0 Å². The first-order chi connectivity index (χ1) is 48.7. The Morgan fingerprint density at radius 1 is 0.625 bits per heavy atom. The maximum atomic E-state index is 15.5. The summed E-state index contributed by atoms with van der Waals surface area (Å²) in [6, 6.07) is -11.2. The van der Waals surface area contributed by atoms with E-state index in [0.717, 1.165) is 29.4 Å². The van der Waals surface area contributed by atoms with E-state index in [1.165, 1.54) is 78.0 Å². The molecule has 2 unspecified atom stereocenters. The summed E-state index contributed by atoms with van der Waals surface area (Å²) in [6.07, 6.45) is -15.8. The molecule has 7 fully saturated rings. The third kappa shape index (κ3) is 19.8. The monoisotopic (exact) mass is 1490 g/mol. The number of ether oxygens (including phenoxy) is 1. The summed E-state index contributed by atoms with van der Waals surface area (Å²) in [6.45, 7) is 4.74. The molecule has 4 saturated carbocycles. The highest BCUT2D eigenvalue weighted by Gasteiger charge is 2.56. The fraction of sp³-hybridized carbons (Fsp3) is 0.831. The number of nitrogens with one attached hydrogen (secondary N) is 3. The summed E-state index contributed by atoms with van der Waals surface area (Å²) in [4.78, 5) is 189. The molecule has 7 aliphatic rings. The third-order valence-electron chi connectivity index (χ3n) is 23.5. The Hall–Kier alpha value is -6.96. The van der Waals surface area contributed by atoms with Crippen LogP contribution in [0.1, 0.15) is 169 Å². The molecule has 25 nitrogen and oxygen atoms in total. The lowest BCUT2D eigenvalue weighted by molar-refractivity contribution is -0.219.